The molecule has 1 aromatic carbocycles. The Morgan fingerprint density at radius 1 is 1.06 bits per heavy atom. The Morgan fingerprint density at radius 2 is 1.89 bits per heavy atom. The molecule has 6 rings (SSSR count). The van der Waals surface area contributed by atoms with E-state index in [9.17, 15) is 14.0 Å². The Morgan fingerprint density at radius 3 is 2.71 bits per heavy atom. The van der Waals surface area contributed by atoms with Crippen LogP contribution in [-0.2, 0) is 7.05 Å². The molecule has 0 atom stereocenters. The van der Waals surface area contributed by atoms with E-state index in [0.29, 0.717) is 35.4 Å². The highest BCUT2D eigenvalue weighted by atomic mass is 19.1. The van der Waals surface area contributed by atoms with E-state index in [1.165, 1.54) is 12.1 Å². The lowest BCUT2D eigenvalue weighted by Gasteiger charge is -2.33. The number of hydrogen-bond donors (Lipinski definition) is 1. The predicted molar refractivity (Wildman–Crippen MR) is 131 cm³/mol. The number of nitrogens with one attached hydrogen (secondary N) is 1. The highest BCUT2D eigenvalue weighted by Gasteiger charge is 2.25. The summed E-state index contributed by atoms with van der Waals surface area (Å²) in [5.74, 6) is 0.269. The highest BCUT2D eigenvalue weighted by Crippen LogP contribution is 2.29. The monoisotopic (exact) mass is 470 g/mol. The molecule has 8 nitrogen and oxygen atoms in total. The molecule has 4 aromatic heterocycles. The number of pyridine rings is 2. The Labute approximate surface area is 199 Å². The van der Waals surface area contributed by atoms with E-state index in [4.69, 9.17) is 0 Å². The first-order chi connectivity index (χ1) is 17.0. The van der Waals surface area contributed by atoms with Gasteiger partial charge in [0, 0.05) is 61.3 Å². The fourth-order valence-electron chi connectivity index (χ4n) is 5.10. The highest BCUT2D eigenvalue weighted by molar-refractivity contribution is 6.16. The number of imidazole rings is 1. The van der Waals surface area contributed by atoms with E-state index in [2.05, 4.69) is 19.9 Å². The molecule has 5 aromatic rings. The maximum atomic E-state index is 13.7. The van der Waals surface area contributed by atoms with Crippen LogP contribution in [0, 0.1) is 5.82 Å². The molecule has 9 heteroatoms. The van der Waals surface area contributed by atoms with Crippen LogP contribution in [0.4, 0.5) is 10.2 Å². The number of carbonyl (C=O) groups excluding carboxylic acids is 1. The van der Waals surface area contributed by atoms with Gasteiger partial charge in [-0.2, -0.15) is 0 Å². The van der Waals surface area contributed by atoms with Crippen molar-refractivity contribution in [2.75, 3.05) is 18.0 Å². The molecular weight excluding hydrogens is 447 g/mol. The van der Waals surface area contributed by atoms with Crippen LogP contribution >= 0.6 is 0 Å². The zero-order chi connectivity index (χ0) is 24.1. The normalized spacial score (nSPS) is 14.7. The standard InChI is InChI=1S/C26H23FN6O2/c1-31-15-20(19-5-4-17(27)14-22(19)31)24(34)16-6-10-28-23(13-16)32-11-7-18(8-12-32)33-21-3-2-9-29-25(21)30-26(33)35/h2-6,9-10,13-15,18H,7-8,11-12H2,1H3,(H,29,30,35). The fourth-order valence-corrected chi connectivity index (χ4v) is 5.10. The molecule has 0 aliphatic carbocycles. The van der Waals surface area contributed by atoms with E-state index >= 15 is 0 Å². The third-order valence-electron chi connectivity index (χ3n) is 6.85. The Hall–Kier alpha value is -4.27. The van der Waals surface area contributed by atoms with Crippen LogP contribution in [0.15, 0.2) is 65.8 Å². The van der Waals surface area contributed by atoms with Crippen molar-refractivity contribution in [2.45, 2.75) is 18.9 Å². The van der Waals surface area contributed by atoms with Crippen molar-refractivity contribution >= 4 is 33.7 Å². The molecular formula is C26H23FN6O2. The number of aryl methyl sites for hydroxylation is 1. The molecule has 1 aliphatic heterocycles. The van der Waals surface area contributed by atoms with Crippen LogP contribution in [-0.4, -0.2) is 43.0 Å². The van der Waals surface area contributed by atoms with Crippen LogP contribution in [0.25, 0.3) is 22.1 Å². The van der Waals surface area contributed by atoms with Gasteiger partial charge < -0.3 is 9.47 Å². The Balaban J connectivity index is 1.24. The number of aromatic amines is 1. The van der Waals surface area contributed by atoms with Crippen molar-refractivity contribution < 1.29 is 9.18 Å². The second-order valence-corrected chi connectivity index (χ2v) is 8.94. The lowest BCUT2D eigenvalue weighted by molar-refractivity contribution is 0.104. The van der Waals surface area contributed by atoms with Crippen molar-refractivity contribution in [1.82, 2.24) is 24.1 Å². The van der Waals surface area contributed by atoms with Gasteiger partial charge in [-0.3, -0.25) is 14.3 Å². The van der Waals surface area contributed by atoms with Crippen LogP contribution in [0.2, 0.25) is 0 Å². The van der Waals surface area contributed by atoms with Crippen molar-refractivity contribution in [3.8, 4) is 0 Å². The van der Waals surface area contributed by atoms with Gasteiger partial charge >= 0.3 is 5.69 Å². The van der Waals surface area contributed by atoms with Gasteiger partial charge in [0.1, 0.15) is 11.6 Å². The van der Waals surface area contributed by atoms with E-state index < -0.39 is 0 Å². The number of ketones is 1. The number of aromatic nitrogens is 5. The van der Waals surface area contributed by atoms with Crippen molar-refractivity contribution in [1.29, 1.82) is 0 Å². The van der Waals surface area contributed by atoms with Gasteiger partial charge in [-0.25, -0.2) is 19.2 Å². The smallest absolute Gasteiger partial charge is 0.327 e. The average molecular weight is 471 g/mol. The first kappa shape index (κ1) is 21.3. The van der Waals surface area contributed by atoms with Crippen LogP contribution in [0.1, 0.15) is 34.8 Å². The average Bonchev–Trinajstić information content (AvgIpc) is 3.39. The maximum absolute atomic E-state index is 13.7. The van der Waals surface area contributed by atoms with E-state index in [1.807, 2.05) is 18.2 Å². The summed E-state index contributed by atoms with van der Waals surface area (Å²) in [6.07, 6.45) is 6.61. The summed E-state index contributed by atoms with van der Waals surface area (Å²) in [6, 6.07) is 11.8. The van der Waals surface area contributed by atoms with Gasteiger partial charge in [0.05, 0.1) is 11.0 Å². The Bertz CT molecular complexity index is 1640. The minimum absolute atomic E-state index is 0.0672. The third-order valence-corrected chi connectivity index (χ3v) is 6.85. The van der Waals surface area contributed by atoms with E-state index in [0.717, 1.165) is 29.6 Å². The number of piperidine rings is 1. The topological polar surface area (TPSA) is 88.8 Å². The molecule has 1 saturated heterocycles. The van der Waals surface area contributed by atoms with Gasteiger partial charge in [-0.1, -0.05) is 0 Å². The molecule has 1 aliphatic rings. The minimum atomic E-state index is -0.335. The number of carbonyl (C=O) groups is 1. The third kappa shape index (κ3) is 3.60. The molecule has 0 saturated carbocycles. The molecule has 176 valence electrons. The lowest BCUT2D eigenvalue weighted by Crippen LogP contribution is -2.37. The molecule has 0 bridgehead atoms. The van der Waals surface area contributed by atoms with Gasteiger partial charge in [0.2, 0.25) is 0 Å². The van der Waals surface area contributed by atoms with Crippen molar-refractivity contribution in [2.24, 2.45) is 7.05 Å². The first-order valence-electron chi connectivity index (χ1n) is 11.5. The van der Waals surface area contributed by atoms with Gasteiger partial charge in [-0.05, 0) is 55.3 Å². The van der Waals surface area contributed by atoms with Gasteiger partial charge in [-0.15, -0.1) is 0 Å². The number of benzene rings is 1. The molecule has 1 fully saturated rings. The van der Waals surface area contributed by atoms with Crippen LogP contribution < -0.4 is 10.6 Å². The lowest BCUT2D eigenvalue weighted by atomic mass is 10.0. The number of fused-ring (bicyclic) bond motifs is 2. The summed E-state index contributed by atoms with van der Waals surface area (Å²) in [4.78, 5) is 39.6. The number of anilines is 1. The second kappa shape index (κ2) is 8.19. The molecule has 0 spiro atoms. The molecule has 0 unspecified atom stereocenters. The quantitative estimate of drug-likeness (QED) is 0.404. The number of halogens is 1. The zero-order valence-electron chi connectivity index (χ0n) is 19.1. The zero-order valence-corrected chi connectivity index (χ0v) is 19.1. The summed E-state index contributed by atoms with van der Waals surface area (Å²) in [7, 11) is 1.80. The molecule has 0 radical (unpaired) electrons. The summed E-state index contributed by atoms with van der Waals surface area (Å²) in [5.41, 5.74) is 3.02. The molecule has 35 heavy (non-hydrogen) atoms. The fraction of sp³-hybridized carbons (Fsp3) is 0.231. The van der Waals surface area contributed by atoms with Gasteiger partial charge in [0.25, 0.3) is 0 Å². The summed E-state index contributed by atoms with van der Waals surface area (Å²) >= 11 is 0. The van der Waals surface area contributed by atoms with Crippen LogP contribution in [0.3, 0.4) is 0 Å². The summed E-state index contributed by atoms with van der Waals surface area (Å²) in [6.45, 7) is 1.42. The molecule has 1 N–H and O–H groups in total. The second-order valence-electron chi connectivity index (χ2n) is 8.94. The molecule has 0 amide bonds. The number of H-pyrrole nitrogens is 1. The minimum Gasteiger partial charge on any atom is -0.356 e. The SMILES string of the molecule is Cn1cc(C(=O)c2ccnc(N3CCC(n4c(=O)[nH]c5ncccc54)CC3)c2)c2ccc(F)cc21. The van der Waals surface area contributed by atoms with Crippen LogP contribution in [0.5, 0.6) is 0 Å². The maximum Gasteiger partial charge on any atom is 0.327 e. The summed E-state index contributed by atoms with van der Waals surface area (Å²) < 4.78 is 17.3. The Kier molecular flexibility index (Phi) is 4.98. The van der Waals surface area contributed by atoms with E-state index in [1.54, 1.807) is 46.9 Å². The largest absolute Gasteiger partial charge is 0.356 e. The predicted octanol–water partition coefficient (Wildman–Crippen LogP) is 3.82. The van der Waals surface area contributed by atoms with Crippen molar-refractivity contribution in [3.05, 3.63) is 88.5 Å². The summed E-state index contributed by atoms with van der Waals surface area (Å²) in [5, 5.41) is 0.719. The van der Waals surface area contributed by atoms with Gasteiger partial charge in [0.15, 0.2) is 11.4 Å². The van der Waals surface area contributed by atoms with E-state index in [-0.39, 0.29) is 23.3 Å². The van der Waals surface area contributed by atoms with Crippen molar-refractivity contribution in [3.63, 3.8) is 0 Å². The number of nitrogens with zero attached hydrogens (tertiary/aromatic N) is 5. The number of rotatable bonds is 4. The number of hydrogen-bond acceptors (Lipinski definition) is 5. The molecule has 5 heterocycles. The first-order valence-corrected chi connectivity index (χ1v) is 11.5.